The second-order valence-corrected chi connectivity index (χ2v) is 4.87. The minimum absolute atomic E-state index is 0.144. The lowest BCUT2D eigenvalue weighted by Gasteiger charge is -2.17. The van der Waals surface area contributed by atoms with Gasteiger partial charge in [0.05, 0.1) is 10.3 Å². The molecule has 19 heavy (non-hydrogen) atoms. The molecule has 94 valence electrons. The predicted octanol–water partition coefficient (Wildman–Crippen LogP) is 2.39. The zero-order chi connectivity index (χ0) is 13.7. The van der Waals surface area contributed by atoms with Crippen molar-refractivity contribution in [2.45, 2.75) is 0 Å². The molecule has 0 spiro atoms. The van der Waals surface area contributed by atoms with E-state index in [1.165, 1.54) is 18.2 Å². The van der Waals surface area contributed by atoms with Gasteiger partial charge in [0.15, 0.2) is 0 Å². The lowest BCUT2D eigenvalue weighted by atomic mass is 9.94. The summed E-state index contributed by atoms with van der Waals surface area (Å²) >= 11 is 3.23. The summed E-state index contributed by atoms with van der Waals surface area (Å²) in [6.07, 6.45) is 0. The topological polar surface area (TPSA) is 89.3 Å². The molecule has 0 saturated carbocycles. The summed E-state index contributed by atoms with van der Waals surface area (Å²) in [5.41, 5.74) is 0.378. The van der Waals surface area contributed by atoms with Crippen LogP contribution in [0.25, 0.3) is 10.8 Å². The van der Waals surface area contributed by atoms with Gasteiger partial charge < -0.3 is 0 Å². The molecule has 0 fully saturated rings. The average molecular weight is 321 g/mol. The zero-order valence-corrected chi connectivity index (χ0v) is 10.9. The number of hydrogen-bond acceptors (Lipinski definition) is 4. The number of benzene rings is 2. The standard InChI is InChI=1S/C12H5BrN2O4/c13-7-3-1-5-9-6(12(17)14-11(5)16)2-4-8(10(7)9)15(18)19/h1-4H,(H,14,16,17). The van der Waals surface area contributed by atoms with Gasteiger partial charge in [-0.2, -0.15) is 0 Å². The van der Waals surface area contributed by atoms with E-state index < -0.39 is 16.7 Å². The summed E-state index contributed by atoms with van der Waals surface area (Å²) in [5.74, 6) is -1.09. The van der Waals surface area contributed by atoms with Crippen LogP contribution in [-0.2, 0) is 0 Å². The molecule has 0 aromatic heterocycles. The predicted molar refractivity (Wildman–Crippen MR) is 70.1 cm³/mol. The smallest absolute Gasteiger partial charge is 0.278 e. The molecule has 0 aliphatic carbocycles. The van der Waals surface area contributed by atoms with Gasteiger partial charge >= 0.3 is 0 Å². The van der Waals surface area contributed by atoms with E-state index in [1.54, 1.807) is 6.07 Å². The van der Waals surface area contributed by atoms with Gasteiger partial charge in [-0.25, -0.2) is 0 Å². The van der Waals surface area contributed by atoms with Crippen molar-refractivity contribution in [1.82, 2.24) is 5.32 Å². The van der Waals surface area contributed by atoms with Gasteiger partial charge in [0, 0.05) is 27.1 Å². The molecule has 0 atom stereocenters. The van der Waals surface area contributed by atoms with Gasteiger partial charge in [-0.15, -0.1) is 0 Å². The maximum Gasteiger partial charge on any atom is 0.278 e. The maximum atomic E-state index is 11.8. The fourth-order valence-electron chi connectivity index (χ4n) is 2.20. The van der Waals surface area contributed by atoms with Crippen LogP contribution in [0.3, 0.4) is 0 Å². The number of nitro groups is 1. The summed E-state index contributed by atoms with van der Waals surface area (Å²) in [6.45, 7) is 0. The van der Waals surface area contributed by atoms with Crippen molar-refractivity contribution in [2.75, 3.05) is 0 Å². The van der Waals surface area contributed by atoms with Crippen molar-refractivity contribution in [3.05, 3.63) is 50.0 Å². The van der Waals surface area contributed by atoms with Crippen molar-refractivity contribution < 1.29 is 14.5 Å². The Morgan fingerprint density at radius 2 is 1.58 bits per heavy atom. The monoisotopic (exact) mass is 320 g/mol. The number of nitrogens with one attached hydrogen (secondary N) is 1. The molecule has 3 rings (SSSR count). The highest BCUT2D eigenvalue weighted by molar-refractivity contribution is 9.10. The van der Waals surface area contributed by atoms with Gasteiger partial charge in [0.25, 0.3) is 17.5 Å². The Bertz CT molecular complexity index is 765. The normalized spacial score (nSPS) is 13.5. The van der Waals surface area contributed by atoms with Crippen LogP contribution >= 0.6 is 15.9 Å². The minimum atomic E-state index is -0.546. The quantitative estimate of drug-likeness (QED) is 0.496. The summed E-state index contributed by atoms with van der Waals surface area (Å²) in [4.78, 5) is 34.0. The second kappa shape index (κ2) is 3.86. The van der Waals surface area contributed by atoms with Gasteiger partial charge in [-0.3, -0.25) is 25.0 Å². The molecular formula is C12H5BrN2O4. The van der Waals surface area contributed by atoms with Crippen LogP contribution < -0.4 is 5.32 Å². The fourth-order valence-corrected chi connectivity index (χ4v) is 2.74. The van der Waals surface area contributed by atoms with Gasteiger partial charge in [0.2, 0.25) is 0 Å². The molecule has 2 amide bonds. The van der Waals surface area contributed by atoms with Crippen molar-refractivity contribution in [1.29, 1.82) is 0 Å². The number of nitro benzene ring substituents is 1. The SMILES string of the molecule is O=C1NC(=O)c2ccc([N+](=O)[O-])c3c(Br)ccc1c23. The maximum absolute atomic E-state index is 11.8. The van der Waals surface area contributed by atoms with Crippen molar-refractivity contribution >= 4 is 44.2 Å². The lowest BCUT2D eigenvalue weighted by Crippen LogP contribution is -2.34. The molecule has 6 nitrogen and oxygen atoms in total. The third-order valence-corrected chi connectivity index (χ3v) is 3.66. The summed E-state index contributed by atoms with van der Waals surface area (Å²) < 4.78 is 0.474. The van der Waals surface area contributed by atoms with Crippen molar-refractivity contribution in [3.8, 4) is 0 Å². The summed E-state index contributed by atoms with van der Waals surface area (Å²) in [7, 11) is 0. The van der Waals surface area contributed by atoms with E-state index in [1.807, 2.05) is 0 Å². The van der Waals surface area contributed by atoms with Gasteiger partial charge in [0.1, 0.15) is 0 Å². The number of hydrogen-bond donors (Lipinski definition) is 1. The molecule has 1 aliphatic heterocycles. The number of non-ortho nitro benzene ring substituents is 1. The van der Waals surface area contributed by atoms with E-state index >= 15 is 0 Å². The highest BCUT2D eigenvalue weighted by atomic mass is 79.9. The van der Waals surface area contributed by atoms with Crippen LogP contribution in [0.5, 0.6) is 0 Å². The van der Waals surface area contributed by atoms with Crippen LogP contribution in [0.1, 0.15) is 20.7 Å². The van der Waals surface area contributed by atoms with E-state index in [4.69, 9.17) is 0 Å². The summed E-state index contributed by atoms with van der Waals surface area (Å²) in [5, 5.41) is 13.8. The number of carbonyl (C=O) groups is 2. The molecule has 0 radical (unpaired) electrons. The Morgan fingerprint density at radius 3 is 2.16 bits per heavy atom. The Morgan fingerprint density at radius 1 is 1.00 bits per heavy atom. The molecule has 0 bridgehead atoms. The van der Waals surface area contributed by atoms with Crippen LogP contribution in [0.2, 0.25) is 0 Å². The number of imide groups is 1. The van der Waals surface area contributed by atoms with Crippen LogP contribution in [0.4, 0.5) is 5.69 Å². The van der Waals surface area contributed by atoms with Crippen LogP contribution in [0, 0.1) is 10.1 Å². The largest absolute Gasteiger partial charge is 0.288 e. The van der Waals surface area contributed by atoms with E-state index in [0.717, 1.165) is 0 Å². The lowest BCUT2D eigenvalue weighted by molar-refractivity contribution is -0.383. The van der Waals surface area contributed by atoms with E-state index in [2.05, 4.69) is 21.2 Å². The van der Waals surface area contributed by atoms with Crippen LogP contribution in [-0.4, -0.2) is 16.7 Å². The molecule has 7 heteroatoms. The third kappa shape index (κ3) is 1.55. The fraction of sp³-hybridized carbons (Fsp3) is 0. The number of carbonyl (C=O) groups excluding carboxylic acids is 2. The molecule has 1 aliphatic rings. The zero-order valence-electron chi connectivity index (χ0n) is 9.27. The summed E-state index contributed by atoms with van der Waals surface area (Å²) in [6, 6.07) is 5.71. The third-order valence-electron chi connectivity index (χ3n) is 3.00. The first-order valence-corrected chi connectivity index (χ1v) is 6.05. The molecule has 0 unspecified atom stereocenters. The van der Waals surface area contributed by atoms with Gasteiger partial charge in [-0.1, -0.05) is 0 Å². The second-order valence-electron chi connectivity index (χ2n) is 4.02. The molecule has 0 saturated heterocycles. The van der Waals surface area contributed by atoms with Crippen molar-refractivity contribution in [3.63, 3.8) is 0 Å². The van der Waals surface area contributed by atoms with Gasteiger partial charge in [-0.05, 0) is 34.1 Å². The highest BCUT2D eigenvalue weighted by Crippen LogP contribution is 2.37. The highest BCUT2D eigenvalue weighted by Gasteiger charge is 2.29. The van der Waals surface area contributed by atoms with E-state index in [0.29, 0.717) is 9.86 Å². The Balaban J connectivity index is 2.58. The van der Waals surface area contributed by atoms with Crippen LogP contribution in [0.15, 0.2) is 28.7 Å². The Kier molecular flexibility index (Phi) is 2.39. The molecule has 2 aromatic rings. The van der Waals surface area contributed by atoms with E-state index in [-0.39, 0.29) is 22.2 Å². The first kappa shape index (κ1) is 11.8. The number of halogens is 1. The Hall–Kier alpha value is -2.28. The number of rotatable bonds is 1. The van der Waals surface area contributed by atoms with Crippen molar-refractivity contribution in [2.24, 2.45) is 0 Å². The minimum Gasteiger partial charge on any atom is -0.288 e. The first-order valence-electron chi connectivity index (χ1n) is 5.26. The number of amides is 2. The molecule has 2 aromatic carbocycles. The molecular weight excluding hydrogens is 316 g/mol. The molecule has 1 N–H and O–H groups in total. The number of nitrogens with zero attached hydrogens (tertiary/aromatic N) is 1. The van der Waals surface area contributed by atoms with E-state index in [9.17, 15) is 19.7 Å². The Labute approximate surface area is 114 Å². The average Bonchev–Trinajstić information content (AvgIpc) is 2.36. The first-order chi connectivity index (χ1) is 9.00. The molecule has 1 heterocycles.